The van der Waals surface area contributed by atoms with Gasteiger partial charge in [0.1, 0.15) is 11.6 Å². The Morgan fingerprint density at radius 2 is 1.89 bits per heavy atom. The van der Waals surface area contributed by atoms with Gasteiger partial charge in [-0.1, -0.05) is 0 Å². The van der Waals surface area contributed by atoms with Crippen molar-refractivity contribution in [2.45, 2.75) is 38.0 Å². The monoisotopic (exact) mass is 488 g/mol. The number of anilines is 1. The third-order valence-electron chi connectivity index (χ3n) is 7.49. The molecule has 8 nitrogen and oxygen atoms in total. The summed E-state index contributed by atoms with van der Waals surface area (Å²) >= 11 is 0. The summed E-state index contributed by atoms with van der Waals surface area (Å²) in [6.07, 6.45) is 2.70. The average Bonchev–Trinajstić information content (AvgIpc) is 3.30. The highest BCUT2D eigenvalue weighted by atomic mass is 19.1. The van der Waals surface area contributed by atoms with E-state index in [1.54, 1.807) is 24.4 Å². The molecule has 0 spiro atoms. The Labute approximate surface area is 208 Å². The van der Waals surface area contributed by atoms with E-state index in [0.29, 0.717) is 18.4 Å². The molecule has 3 N–H and O–H groups in total. The van der Waals surface area contributed by atoms with Crippen LogP contribution in [0.2, 0.25) is 0 Å². The van der Waals surface area contributed by atoms with Crippen molar-refractivity contribution in [3.63, 3.8) is 0 Å². The number of nitrogens with one attached hydrogen (secondary N) is 2. The maximum atomic E-state index is 13.9. The van der Waals surface area contributed by atoms with Crippen molar-refractivity contribution >= 4 is 33.5 Å². The van der Waals surface area contributed by atoms with Gasteiger partial charge in [-0.2, -0.15) is 0 Å². The van der Waals surface area contributed by atoms with Gasteiger partial charge in [-0.15, -0.1) is 0 Å². The van der Waals surface area contributed by atoms with Crippen LogP contribution < -0.4 is 10.2 Å². The summed E-state index contributed by atoms with van der Waals surface area (Å²) in [6.45, 7) is 5.47. The maximum absolute atomic E-state index is 13.9. The first kappa shape index (κ1) is 22.9. The highest BCUT2D eigenvalue weighted by Gasteiger charge is 2.29. The van der Waals surface area contributed by atoms with Gasteiger partial charge in [0.05, 0.1) is 28.7 Å². The lowest BCUT2D eigenvalue weighted by Crippen LogP contribution is -2.47. The molecule has 0 unspecified atom stereocenters. The van der Waals surface area contributed by atoms with E-state index in [0.717, 1.165) is 59.6 Å². The zero-order chi connectivity index (χ0) is 24.8. The SMILES string of the molecule is C[C@H](c1nc2ccc(C(=O)NC3CC(O)C3)cc2[nH]1)N1CCN(c2ccnc3ccc(F)cc23)CC1. The molecular formula is C27H29FN6O2. The molecule has 2 fully saturated rings. The first-order valence-corrected chi connectivity index (χ1v) is 12.5. The van der Waals surface area contributed by atoms with Crippen LogP contribution in [0.15, 0.2) is 48.7 Å². The van der Waals surface area contributed by atoms with E-state index in [-0.39, 0.29) is 29.9 Å². The molecule has 1 aliphatic carbocycles. The maximum Gasteiger partial charge on any atom is 0.251 e. The lowest BCUT2D eigenvalue weighted by atomic mass is 9.89. The third kappa shape index (κ3) is 4.29. The number of aliphatic hydroxyl groups excluding tert-OH is 1. The number of amides is 1. The van der Waals surface area contributed by atoms with Crippen molar-refractivity contribution in [3.05, 3.63) is 65.9 Å². The molecule has 186 valence electrons. The minimum atomic E-state index is -0.302. The number of carbonyl (C=O) groups is 1. The number of hydrogen-bond donors (Lipinski definition) is 3. The van der Waals surface area contributed by atoms with E-state index in [1.807, 2.05) is 18.2 Å². The number of piperazine rings is 1. The Morgan fingerprint density at radius 3 is 2.67 bits per heavy atom. The molecule has 2 aromatic carbocycles. The number of aromatic nitrogens is 3. The third-order valence-corrected chi connectivity index (χ3v) is 7.49. The molecule has 0 radical (unpaired) electrons. The molecule has 1 atom stereocenters. The first-order chi connectivity index (χ1) is 17.4. The van der Waals surface area contributed by atoms with Crippen molar-refractivity contribution < 1.29 is 14.3 Å². The van der Waals surface area contributed by atoms with Crippen molar-refractivity contribution in [2.75, 3.05) is 31.1 Å². The van der Waals surface area contributed by atoms with Crippen LogP contribution in [0.3, 0.4) is 0 Å². The van der Waals surface area contributed by atoms with Gasteiger partial charge >= 0.3 is 0 Å². The number of halogens is 1. The van der Waals surface area contributed by atoms with Gasteiger partial charge in [0.2, 0.25) is 0 Å². The van der Waals surface area contributed by atoms with E-state index in [1.165, 1.54) is 6.07 Å². The van der Waals surface area contributed by atoms with Crippen LogP contribution >= 0.6 is 0 Å². The predicted octanol–water partition coefficient (Wildman–Crippen LogP) is 3.39. The Hall–Kier alpha value is -3.56. The molecule has 4 aromatic rings. The summed E-state index contributed by atoms with van der Waals surface area (Å²) in [5.41, 5.74) is 4.06. The van der Waals surface area contributed by atoms with Crippen molar-refractivity contribution in [1.29, 1.82) is 0 Å². The number of carbonyl (C=O) groups excluding carboxylic acids is 1. The quantitative estimate of drug-likeness (QED) is 0.399. The summed E-state index contributed by atoms with van der Waals surface area (Å²) in [6, 6.07) is 12.3. The van der Waals surface area contributed by atoms with Crippen LogP contribution in [0.1, 0.15) is 42.0 Å². The molecule has 9 heteroatoms. The zero-order valence-corrected chi connectivity index (χ0v) is 20.1. The predicted molar refractivity (Wildman–Crippen MR) is 136 cm³/mol. The average molecular weight is 489 g/mol. The number of fused-ring (bicyclic) bond motifs is 2. The summed E-state index contributed by atoms with van der Waals surface area (Å²) in [5.74, 6) is 0.489. The normalized spacial score (nSPS) is 21.5. The number of H-pyrrole nitrogens is 1. The standard InChI is InChI=1S/C27H29FN6O2/c1-16(26-31-23-4-2-17(12-24(23)32-26)27(36)30-19-14-20(35)15-19)33-8-10-34(11-9-33)25-6-7-29-22-5-3-18(28)13-21(22)25/h2-7,12-13,16,19-20,35H,8-11,14-15H2,1H3,(H,30,36)(H,31,32)/t16-,19?,20?/m1/s1. The van der Waals surface area contributed by atoms with Gasteiger partial charge < -0.3 is 20.3 Å². The Balaban J connectivity index is 1.13. The number of benzene rings is 2. The fraction of sp³-hybridized carbons (Fsp3) is 0.370. The van der Waals surface area contributed by atoms with Crippen LogP contribution in [-0.4, -0.2) is 69.2 Å². The number of nitrogens with zero attached hydrogens (tertiary/aromatic N) is 4. The molecule has 3 heterocycles. The van der Waals surface area contributed by atoms with E-state index < -0.39 is 0 Å². The lowest BCUT2D eigenvalue weighted by Gasteiger charge is -2.38. The minimum absolute atomic E-state index is 0.0448. The molecule has 1 aliphatic heterocycles. The van der Waals surface area contributed by atoms with Gasteiger partial charge in [-0.3, -0.25) is 14.7 Å². The molecular weight excluding hydrogens is 459 g/mol. The van der Waals surface area contributed by atoms with Crippen molar-refractivity contribution in [2.24, 2.45) is 0 Å². The highest BCUT2D eigenvalue weighted by Crippen LogP contribution is 2.29. The van der Waals surface area contributed by atoms with Gasteiger partial charge in [-0.05, 0) is 62.2 Å². The number of imidazole rings is 1. The molecule has 2 aliphatic rings. The van der Waals surface area contributed by atoms with E-state index in [2.05, 4.69) is 32.0 Å². The van der Waals surface area contributed by atoms with Crippen LogP contribution in [0.25, 0.3) is 21.9 Å². The Bertz CT molecular complexity index is 1420. The number of rotatable bonds is 5. The summed E-state index contributed by atoms with van der Waals surface area (Å²) < 4.78 is 13.9. The van der Waals surface area contributed by atoms with Crippen molar-refractivity contribution in [1.82, 2.24) is 25.2 Å². The fourth-order valence-corrected chi connectivity index (χ4v) is 5.25. The van der Waals surface area contributed by atoms with Gasteiger partial charge in [0, 0.05) is 55.1 Å². The van der Waals surface area contributed by atoms with Crippen LogP contribution in [0.5, 0.6) is 0 Å². The van der Waals surface area contributed by atoms with E-state index >= 15 is 0 Å². The summed E-state index contributed by atoms with van der Waals surface area (Å²) in [7, 11) is 0. The number of pyridine rings is 1. The van der Waals surface area contributed by atoms with Crippen LogP contribution in [0.4, 0.5) is 10.1 Å². The van der Waals surface area contributed by atoms with Gasteiger partial charge in [-0.25, -0.2) is 9.37 Å². The molecule has 6 rings (SSSR count). The first-order valence-electron chi connectivity index (χ1n) is 12.5. The number of aromatic amines is 1. The fourth-order valence-electron chi connectivity index (χ4n) is 5.25. The largest absolute Gasteiger partial charge is 0.393 e. The van der Waals surface area contributed by atoms with Gasteiger partial charge in [0.15, 0.2) is 0 Å². The smallest absolute Gasteiger partial charge is 0.251 e. The second kappa shape index (κ2) is 9.15. The van der Waals surface area contributed by atoms with Crippen LogP contribution in [-0.2, 0) is 0 Å². The van der Waals surface area contributed by atoms with E-state index in [9.17, 15) is 14.3 Å². The Kier molecular flexibility index (Phi) is 5.81. The van der Waals surface area contributed by atoms with Crippen LogP contribution in [0, 0.1) is 5.82 Å². The number of hydrogen-bond acceptors (Lipinski definition) is 6. The number of aliphatic hydroxyl groups is 1. The topological polar surface area (TPSA) is 97.4 Å². The van der Waals surface area contributed by atoms with Crippen molar-refractivity contribution in [3.8, 4) is 0 Å². The molecule has 36 heavy (non-hydrogen) atoms. The zero-order valence-electron chi connectivity index (χ0n) is 20.1. The highest BCUT2D eigenvalue weighted by molar-refractivity contribution is 5.97. The second-order valence-corrected chi connectivity index (χ2v) is 9.84. The second-order valence-electron chi connectivity index (χ2n) is 9.84. The summed E-state index contributed by atoms with van der Waals surface area (Å²) in [5, 5.41) is 13.3. The van der Waals surface area contributed by atoms with Gasteiger partial charge in [0.25, 0.3) is 5.91 Å². The van der Waals surface area contributed by atoms with E-state index in [4.69, 9.17) is 4.98 Å². The Morgan fingerprint density at radius 1 is 1.11 bits per heavy atom. The molecule has 1 amide bonds. The molecule has 2 aromatic heterocycles. The molecule has 1 saturated heterocycles. The molecule has 0 bridgehead atoms. The minimum Gasteiger partial charge on any atom is -0.393 e. The lowest BCUT2D eigenvalue weighted by molar-refractivity contribution is 0.0562. The summed E-state index contributed by atoms with van der Waals surface area (Å²) in [4.78, 5) is 29.8. The molecule has 1 saturated carbocycles.